The number of carbonyl (C=O) groups is 1. The van der Waals surface area contributed by atoms with Crippen LogP contribution in [0.1, 0.15) is 33.6 Å². The molecule has 1 unspecified atom stereocenters. The molecule has 0 amide bonds. The van der Waals surface area contributed by atoms with Crippen molar-refractivity contribution in [3.8, 4) is 0 Å². The molecule has 4 heteroatoms. The Balaban J connectivity index is 3.70. The summed E-state index contributed by atoms with van der Waals surface area (Å²) in [6, 6.07) is 0. The molecule has 4 nitrogen and oxygen atoms in total. The zero-order chi connectivity index (χ0) is 11.7. The first-order valence-corrected chi connectivity index (χ1v) is 5.26. The summed E-state index contributed by atoms with van der Waals surface area (Å²) in [4.78, 5) is 11.1. The summed E-state index contributed by atoms with van der Waals surface area (Å²) < 4.78 is 15.1. The summed E-state index contributed by atoms with van der Waals surface area (Å²) in [5, 5.41) is 0. The predicted octanol–water partition coefficient (Wildman–Crippen LogP) is 2.24. The average Bonchev–Trinajstić information content (AvgIpc) is 2.18. The second-order valence-corrected chi connectivity index (χ2v) is 3.05. The van der Waals surface area contributed by atoms with Crippen LogP contribution in [-0.4, -0.2) is 25.5 Å². The van der Waals surface area contributed by atoms with Crippen LogP contribution in [0.2, 0.25) is 0 Å². The molecule has 0 aliphatic rings. The van der Waals surface area contributed by atoms with Gasteiger partial charge in [0.25, 0.3) is 0 Å². The molecule has 15 heavy (non-hydrogen) atoms. The fraction of sp³-hybridized carbons (Fsp3) is 0.727. The first-order valence-electron chi connectivity index (χ1n) is 5.26. The van der Waals surface area contributed by atoms with E-state index in [2.05, 4.69) is 13.5 Å². The van der Waals surface area contributed by atoms with Gasteiger partial charge in [-0.3, -0.25) is 0 Å². The fourth-order valence-corrected chi connectivity index (χ4v) is 0.888. The van der Waals surface area contributed by atoms with Crippen LogP contribution in [0.4, 0.5) is 0 Å². The fourth-order valence-electron chi connectivity index (χ4n) is 0.888. The summed E-state index contributed by atoms with van der Waals surface area (Å²) in [6.07, 6.45) is 1.57. The minimum atomic E-state index is -0.538. The molecule has 0 aliphatic heterocycles. The van der Waals surface area contributed by atoms with Crippen molar-refractivity contribution in [1.29, 1.82) is 0 Å². The number of rotatable bonds is 8. The van der Waals surface area contributed by atoms with Gasteiger partial charge < -0.3 is 14.2 Å². The van der Waals surface area contributed by atoms with E-state index in [-0.39, 0.29) is 5.76 Å². The molecule has 0 aromatic rings. The maximum Gasteiger partial charge on any atom is 0.373 e. The highest BCUT2D eigenvalue weighted by Gasteiger charge is 2.12. The van der Waals surface area contributed by atoms with Crippen LogP contribution >= 0.6 is 0 Å². The standard InChI is InChI=1S/C11H20O4/c1-5-7-8-14-10(4)15-9(3)11(12)13-6-2/h10H,3,5-8H2,1-2,4H3. The van der Waals surface area contributed by atoms with E-state index in [0.29, 0.717) is 13.2 Å². The normalized spacial score (nSPS) is 11.9. The Morgan fingerprint density at radius 1 is 1.40 bits per heavy atom. The lowest BCUT2D eigenvalue weighted by Gasteiger charge is -2.15. The van der Waals surface area contributed by atoms with Crippen LogP contribution in [0, 0.1) is 0 Å². The van der Waals surface area contributed by atoms with Crippen molar-refractivity contribution in [2.45, 2.75) is 39.9 Å². The zero-order valence-corrected chi connectivity index (χ0v) is 9.75. The summed E-state index contributed by atoms with van der Waals surface area (Å²) >= 11 is 0. The van der Waals surface area contributed by atoms with E-state index in [0.717, 1.165) is 12.8 Å². The van der Waals surface area contributed by atoms with Crippen molar-refractivity contribution in [2.75, 3.05) is 13.2 Å². The van der Waals surface area contributed by atoms with Gasteiger partial charge >= 0.3 is 5.97 Å². The summed E-state index contributed by atoms with van der Waals surface area (Å²) in [5.74, 6) is -0.552. The minimum Gasteiger partial charge on any atom is -0.460 e. The van der Waals surface area contributed by atoms with Crippen LogP contribution < -0.4 is 0 Å². The maximum absolute atomic E-state index is 11.1. The maximum atomic E-state index is 11.1. The molecule has 0 radical (unpaired) electrons. The summed E-state index contributed by atoms with van der Waals surface area (Å²) in [5.41, 5.74) is 0. The van der Waals surface area contributed by atoms with Crippen molar-refractivity contribution in [3.63, 3.8) is 0 Å². The Kier molecular flexibility index (Phi) is 7.72. The monoisotopic (exact) mass is 216 g/mol. The molecular formula is C11H20O4. The van der Waals surface area contributed by atoms with E-state index < -0.39 is 12.3 Å². The molecule has 0 aromatic heterocycles. The third-order valence-electron chi connectivity index (χ3n) is 1.66. The van der Waals surface area contributed by atoms with Gasteiger partial charge in [0.05, 0.1) is 13.2 Å². The second kappa shape index (κ2) is 8.29. The lowest BCUT2D eigenvalue weighted by molar-refractivity contribution is -0.153. The number of ether oxygens (including phenoxy) is 3. The molecule has 0 spiro atoms. The number of unbranched alkanes of at least 4 members (excludes halogenated alkanes) is 1. The molecule has 0 aliphatic carbocycles. The molecular weight excluding hydrogens is 196 g/mol. The smallest absolute Gasteiger partial charge is 0.373 e. The highest BCUT2D eigenvalue weighted by molar-refractivity contribution is 5.85. The van der Waals surface area contributed by atoms with Gasteiger partial charge in [0.1, 0.15) is 0 Å². The number of carbonyl (C=O) groups excluding carboxylic acids is 1. The average molecular weight is 216 g/mol. The largest absolute Gasteiger partial charge is 0.460 e. The van der Waals surface area contributed by atoms with Crippen molar-refractivity contribution >= 4 is 5.97 Å². The molecule has 0 rings (SSSR count). The molecule has 0 heterocycles. The van der Waals surface area contributed by atoms with Gasteiger partial charge in [0, 0.05) is 0 Å². The van der Waals surface area contributed by atoms with Crippen LogP contribution in [0.15, 0.2) is 12.3 Å². The van der Waals surface area contributed by atoms with Gasteiger partial charge in [-0.1, -0.05) is 13.3 Å². The molecule has 0 saturated carbocycles. The Morgan fingerprint density at radius 3 is 2.60 bits per heavy atom. The van der Waals surface area contributed by atoms with Crippen molar-refractivity contribution < 1.29 is 19.0 Å². The van der Waals surface area contributed by atoms with E-state index in [1.54, 1.807) is 13.8 Å². The molecule has 1 atom stereocenters. The van der Waals surface area contributed by atoms with Crippen molar-refractivity contribution in [3.05, 3.63) is 12.3 Å². The Labute approximate surface area is 91.2 Å². The first kappa shape index (κ1) is 14.0. The van der Waals surface area contributed by atoms with Crippen molar-refractivity contribution in [1.82, 2.24) is 0 Å². The first-order chi connectivity index (χ1) is 7.11. The van der Waals surface area contributed by atoms with Crippen LogP contribution in [0.5, 0.6) is 0 Å². The van der Waals surface area contributed by atoms with Gasteiger partial charge in [0.15, 0.2) is 12.0 Å². The van der Waals surface area contributed by atoms with Gasteiger partial charge in [-0.15, -0.1) is 0 Å². The third kappa shape index (κ3) is 6.96. The van der Waals surface area contributed by atoms with Gasteiger partial charge in [-0.05, 0) is 26.8 Å². The third-order valence-corrected chi connectivity index (χ3v) is 1.66. The predicted molar refractivity (Wildman–Crippen MR) is 57.2 cm³/mol. The van der Waals surface area contributed by atoms with Gasteiger partial charge in [0.2, 0.25) is 0 Å². The Hall–Kier alpha value is -1.03. The van der Waals surface area contributed by atoms with Gasteiger partial charge in [-0.25, -0.2) is 4.79 Å². The molecule has 0 aromatic carbocycles. The topological polar surface area (TPSA) is 44.8 Å². The van der Waals surface area contributed by atoms with E-state index in [4.69, 9.17) is 14.2 Å². The Bertz CT molecular complexity index is 201. The van der Waals surface area contributed by atoms with E-state index >= 15 is 0 Å². The molecule has 0 bridgehead atoms. The molecule has 0 saturated heterocycles. The number of hydrogen-bond acceptors (Lipinski definition) is 4. The summed E-state index contributed by atoms with van der Waals surface area (Å²) in [7, 11) is 0. The van der Waals surface area contributed by atoms with Crippen molar-refractivity contribution in [2.24, 2.45) is 0 Å². The Morgan fingerprint density at radius 2 is 2.07 bits per heavy atom. The van der Waals surface area contributed by atoms with Crippen LogP contribution in [-0.2, 0) is 19.0 Å². The second-order valence-electron chi connectivity index (χ2n) is 3.05. The molecule has 0 N–H and O–H groups in total. The highest BCUT2D eigenvalue weighted by Crippen LogP contribution is 2.04. The molecule has 0 fully saturated rings. The van der Waals surface area contributed by atoms with Crippen LogP contribution in [0.25, 0.3) is 0 Å². The number of hydrogen-bond donors (Lipinski definition) is 0. The van der Waals surface area contributed by atoms with E-state index in [1.165, 1.54) is 0 Å². The minimum absolute atomic E-state index is 0.0131. The lowest BCUT2D eigenvalue weighted by atomic mass is 10.4. The van der Waals surface area contributed by atoms with E-state index in [1.807, 2.05) is 0 Å². The van der Waals surface area contributed by atoms with Gasteiger partial charge in [-0.2, -0.15) is 0 Å². The highest BCUT2D eigenvalue weighted by atomic mass is 16.7. The molecule has 88 valence electrons. The summed E-state index contributed by atoms with van der Waals surface area (Å²) in [6.45, 7) is 9.92. The van der Waals surface area contributed by atoms with Crippen LogP contribution in [0.3, 0.4) is 0 Å². The lowest BCUT2D eigenvalue weighted by Crippen LogP contribution is -2.18. The quantitative estimate of drug-likeness (QED) is 0.205. The zero-order valence-electron chi connectivity index (χ0n) is 9.75. The SMILES string of the molecule is C=C(OC(C)OCCCC)C(=O)OCC. The number of esters is 1. The van der Waals surface area contributed by atoms with E-state index in [9.17, 15) is 4.79 Å².